The number of hydrogen-bond donors (Lipinski definition) is 1. The van der Waals surface area contributed by atoms with Gasteiger partial charge in [-0.25, -0.2) is 0 Å². The lowest BCUT2D eigenvalue weighted by molar-refractivity contribution is 0.103. The van der Waals surface area contributed by atoms with Gasteiger partial charge in [-0.2, -0.15) is 0 Å². The fraction of sp³-hybridized carbons (Fsp3) is 0. The molecule has 0 saturated heterocycles. The van der Waals surface area contributed by atoms with Crippen LogP contribution in [-0.2, 0) is 0 Å². The fourth-order valence-corrected chi connectivity index (χ4v) is 5.42. The second kappa shape index (κ2) is 7.41. The van der Waals surface area contributed by atoms with Crippen LogP contribution in [0.2, 0.25) is 0 Å². The van der Waals surface area contributed by atoms with Crippen LogP contribution in [0, 0.1) is 0 Å². The summed E-state index contributed by atoms with van der Waals surface area (Å²) in [4.78, 5) is 13.2. The highest BCUT2D eigenvalue weighted by Crippen LogP contribution is 2.39. The van der Waals surface area contributed by atoms with Crippen molar-refractivity contribution in [1.82, 2.24) is 0 Å². The summed E-state index contributed by atoms with van der Waals surface area (Å²) in [5.74, 6) is -0.171. The first-order chi connectivity index (χ1) is 17.2. The van der Waals surface area contributed by atoms with E-state index in [1.807, 2.05) is 12.1 Å². The number of hydrogen-bond acceptors (Lipinski definition) is 2. The van der Waals surface area contributed by atoms with Crippen LogP contribution in [0.3, 0.4) is 0 Å². The molecule has 0 amide bonds. The maximum atomic E-state index is 13.2. The molecule has 0 bridgehead atoms. The van der Waals surface area contributed by atoms with Gasteiger partial charge in [0.15, 0.2) is 5.78 Å². The third-order valence-electron chi connectivity index (χ3n) is 7.05. The molecule has 0 aliphatic carbocycles. The number of carbonyl (C=O) groups is 1. The lowest BCUT2D eigenvalue weighted by atomic mass is 9.88. The molecule has 7 aromatic rings. The Morgan fingerprint density at radius 3 is 1.80 bits per heavy atom. The molecule has 0 aliphatic heterocycles. The molecule has 0 heterocycles. The Morgan fingerprint density at radius 2 is 1.11 bits per heavy atom. The van der Waals surface area contributed by atoms with E-state index in [9.17, 15) is 9.90 Å². The predicted molar refractivity (Wildman–Crippen MR) is 145 cm³/mol. The van der Waals surface area contributed by atoms with E-state index < -0.39 is 0 Å². The molecule has 0 atom stereocenters. The van der Waals surface area contributed by atoms with Crippen LogP contribution >= 0.6 is 0 Å². The SMILES string of the molecule is O=C(c1cc2ccc3cc(-c4cccc5ccccc45)cc4ccc(c1)c2c34)c1ccccc1O. The highest BCUT2D eigenvalue weighted by Gasteiger charge is 2.17. The molecular formula is C33H20O2. The number of phenolic OH excluding ortho intramolecular Hbond substituents is 1. The van der Waals surface area contributed by atoms with Crippen molar-refractivity contribution in [2.45, 2.75) is 0 Å². The number of rotatable bonds is 3. The Morgan fingerprint density at radius 1 is 0.543 bits per heavy atom. The van der Waals surface area contributed by atoms with Crippen LogP contribution in [-0.4, -0.2) is 10.9 Å². The van der Waals surface area contributed by atoms with E-state index in [1.54, 1.807) is 24.3 Å². The third-order valence-corrected chi connectivity index (χ3v) is 7.05. The van der Waals surface area contributed by atoms with Gasteiger partial charge in [-0.05, 0) is 90.6 Å². The van der Waals surface area contributed by atoms with E-state index in [1.165, 1.54) is 43.4 Å². The predicted octanol–water partition coefficient (Wildman–Crippen LogP) is 8.34. The third kappa shape index (κ3) is 3.00. The molecule has 7 rings (SSSR count). The maximum absolute atomic E-state index is 13.2. The van der Waals surface area contributed by atoms with Gasteiger partial charge >= 0.3 is 0 Å². The fourth-order valence-electron chi connectivity index (χ4n) is 5.42. The Bertz CT molecular complexity index is 1860. The van der Waals surface area contributed by atoms with Crippen molar-refractivity contribution >= 4 is 48.9 Å². The van der Waals surface area contributed by atoms with Gasteiger partial charge in [0, 0.05) is 5.56 Å². The van der Waals surface area contributed by atoms with E-state index in [4.69, 9.17) is 0 Å². The van der Waals surface area contributed by atoms with Gasteiger partial charge in [-0.1, -0.05) is 78.9 Å². The van der Waals surface area contributed by atoms with Crippen LogP contribution in [0.25, 0.3) is 54.2 Å². The van der Waals surface area contributed by atoms with Gasteiger partial charge in [0.1, 0.15) is 5.75 Å². The molecule has 35 heavy (non-hydrogen) atoms. The Hall–Kier alpha value is -4.69. The van der Waals surface area contributed by atoms with E-state index in [2.05, 4.69) is 78.9 Å². The molecular weight excluding hydrogens is 428 g/mol. The summed E-state index contributed by atoms with van der Waals surface area (Å²) in [5, 5.41) is 19.5. The first kappa shape index (κ1) is 19.7. The molecule has 1 N–H and O–H groups in total. The molecule has 2 heteroatoms. The summed E-state index contributed by atoms with van der Waals surface area (Å²) in [7, 11) is 0. The molecule has 2 nitrogen and oxygen atoms in total. The summed E-state index contributed by atoms with van der Waals surface area (Å²) < 4.78 is 0. The van der Waals surface area contributed by atoms with Gasteiger partial charge < -0.3 is 5.11 Å². The molecule has 7 aromatic carbocycles. The van der Waals surface area contributed by atoms with E-state index in [-0.39, 0.29) is 11.5 Å². The zero-order valence-corrected chi connectivity index (χ0v) is 18.8. The number of para-hydroxylation sites is 1. The standard InChI is InChI=1S/C33H20O2/c34-30-11-4-3-9-29(30)33(35)26-18-23-14-12-21-16-25(17-22-13-15-24(19-26)32(23)31(21)22)28-10-5-7-20-6-1-2-8-27(20)28/h1-19,34H. The number of aromatic hydroxyl groups is 1. The second-order valence-corrected chi connectivity index (χ2v) is 9.10. The second-order valence-electron chi connectivity index (χ2n) is 9.10. The normalized spacial score (nSPS) is 11.7. The average Bonchev–Trinajstić information content (AvgIpc) is 2.91. The Kier molecular flexibility index (Phi) is 4.18. The van der Waals surface area contributed by atoms with Gasteiger partial charge in [-0.3, -0.25) is 4.79 Å². The first-order valence-electron chi connectivity index (χ1n) is 11.7. The first-order valence-corrected chi connectivity index (χ1v) is 11.7. The van der Waals surface area contributed by atoms with Crippen molar-refractivity contribution in [2.75, 3.05) is 0 Å². The van der Waals surface area contributed by atoms with Gasteiger partial charge in [0.05, 0.1) is 5.56 Å². The number of fused-ring (bicyclic) bond motifs is 1. The average molecular weight is 449 g/mol. The smallest absolute Gasteiger partial charge is 0.196 e. The maximum Gasteiger partial charge on any atom is 0.196 e. The zero-order chi connectivity index (χ0) is 23.5. The highest BCUT2D eigenvalue weighted by molar-refractivity contribution is 6.26. The number of carbonyl (C=O) groups excluding carboxylic acids is 1. The highest BCUT2D eigenvalue weighted by atomic mass is 16.3. The van der Waals surface area contributed by atoms with Crippen molar-refractivity contribution < 1.29 is 9.90 Å². The lowest BCUT2D eigenvalue weighted by Gasteiger charge is -2.15. The van der Waals surface area contributed by atoms with Crippen molar-refractivity contribution in [3.63, 3.8) is 0 Å². The van der Waals surface area contributed by atoms with Crippen LogP contribution in [0.15, 0.2) is 115 Å². The summed E-state index contributed by atoms with van der Waals surface area (Å²) >= 11 is 0. The van der Waals surface area contributed by atoms with E-state index >= 15 is 0 Å². The zero-order valence-electron chi connectivity index (χ0n) is 18.8. The van der Waals surface area contributed by atoms with Gasteiger partial charge in [-0.15, -0.1) is 0 Å². The Labute approximate surface area is 202 Å². The Balaban J connectivity index is 1.44. The van der Waals surface area contributed by atoms with E-state index in [0.29, 0.717) is 11.1 Å². The molecule has 0 aromatic heterocycles. The van der Waals surface area contributed by atoms with Crippen LogP contribution in [0.1, 0.15) is 15.9 Å². The molecule has 0 radical (unpaired) electrons. The topological polar surface area (TPSA) is 37.3 Å². The molecule has 0 saturated carbocycles. The summed E-state index contributed by atoms with van der Waals surface area (Å²) in [6.45, 7) is 0. The quantitative estimate of drug-likeness (QED) is 0.218. The molecule has 0 spiro atoms. The summed E-state index contributed by atoms with van der Waals surface area (Å²) in [6.07, 6.45) is 0. The largest absolute Gasteiger partial charge is 0.507 e. The van der Waals surface area contributed by atoms with E-state index in [0.717, 1.165) is 10.8 Å². The van der Waals surface area contributed by atoms with Gasteiger partial charge in [0.2, 0.25) is 0 Å². The number of ketones is 1. The molecule has 0 unspecified atom stereocenters. The minimum absolute atomic E-state index is 0.00328. The van der Waals surface area contributed by atoms with Crippen molar-refractivity contribution in [1.29, 1.82) is 0 Å². The number of benzene rings is 7. The van der Waals surface area contributed by atoms with Crippen LogP contribution < -0.4 is 0 Å². The van der Waals surface area contributed by atoms with Gasteiger partial charge in [0.25, 0.3) is 0 Å². The van der Waals surface area contributed by atoms with Crippen molar-refractivity contribution in [3.05, 3.63) is 126 Å². The van der Waals surface area contributed by atoms with Crippen LogP contribution in [0.5, 0.6) is 5.75 Å². The van der Waals surface area contributed by atoms with Crippen LogP contribution in [0.4, 0.5) is 0 Å². The molecule has 0 aliphatic rings. The number of phenols is 1. The molecule has 164 valence electrons. The molecule has 0 fully saturated rings. The monoisotopic (exact) mass is 448 g/mol. The minimum atomic E-state index is -0.174. The lowest BCUT2D eigenvalue weighted by Crippen LogP contribution is -2.02. The summed E-state index contributed by atoms with van der Waals surface area (Å²) in [6, 6.07) is 38.5. The van der Waals surface area contributed by atoms with Crippen molar-refractivity contribution in [3.8, 4) is 16.9 Å². The summed E-state index contributed by atoms with van der Waals surface area (Å²) in [5.41, 5.74) is 3.32. The van der Waals surface area contributed by atoms with Crippen molar-refractivity contribution in [2.24, 2.45) is 0 Å². The minimum Gasteiger partial charge on any atom is -0.507 e.